The maximum atomic E-state index is 12.5. The van der Waals surface area contributed by atoms with Crippen molar-refractivity contribution < 1.29 is 17.9 Å². The molecule has 1 amide bonds. The summed E-state index contributed by atoms with van der Waals surface area (Å²) in [5.41, 5.74) is 0.953. The molecule has 3 rings (SSSR count). The third kappa shape index (κ3) is 3.60. The summed E-state index contributed by atoms with van der Waals surface area (Å²) in [6.07, 6.45) is 2.78. The van der Waals surface area contributed by atoms with Gasteiger partial charge in [0.2, 0.25) is 10.0 Å². The minimum atomic E-state index is -3.17. The van der Waals surface area contributed by atoms with E-state index in [1.165, 1.54) is 0 Å². The highest BCUT2D eigenvalue weighted by Crippen LogP contribution is 2.41. The van der Waals surface area contributed by atoms with Crippen molar-refractivity contribution in [3.8, 4) is 0 Å². The molecule has 1 aromatic heterocycles. The lowest BCUT2D eigenvalue weighted by Gasteiger charge is -2.50. The smallest absolute Gasteiger partial charge is 0.272 e. The molecule has 3 heterocycles. The summed E-state index contributed by atoms with van der Waals surface area (Å²) in [6, 6.07) is 5.42. The lowest BCUT2D eigenvalue weighted by Crippen LogP contribution is -2.66. The molecular weight excluding hydrogens is 330 g/mol. The largest absolute Gasteiger partial charge is 0.371 e. The monoisotopic (exact) mass is 353 g/mol. The molecule has 0 aromatic carbocycles. The van der Waals surface area contributed by atoms with Gasteiger partial charge in [0.1, 0.15) is 11.3 Å². The summed E-state index contributed by atoms with van der Waals surface area (Å²) < 4.78 is 30.8. The molecule has 1 atom stereocenters. The SMILES string of the molecule is Cc1cccc(C(=O)N2CC3(C2)OCC[C@H]3CCNS(C)(=O)=O)n1. The van der Waals surface area contributed by atoms with E-state index < -0.39 is 10.0 Å². The van der Waals surface area contributed by atoms with Crippen molar-refractivity contribution in [1.82, 2.24) is 14.6 Å². The summed E-state index contributed by atoms with van der Waals surface area (Å²) in [4.78, 5) is 18.5. The van der Waals surface area contributed by atoms with Crippen LogP contribution in [-0.2, 0) is 14.8 Å². The van der Waals surface area contributed by atoms with Gasteiger partial charge in [-0.2, -0.15) is 0 Å². The van der Waals surface area contributed by atoms with Gasteiger partial charge in [0.15, 0.2) is 0 Å². The van der Waals surface area contributed by atoms with Crippen LogP contribution in [0.2, 0.25) is 0 Å². The van der Waals surface area contributed by atoms with Gasteiger partial charge < -0.3 is 9.64 Å². The summed E-state index contributed by atoms with van der Waals surface area (Å²) >= 11 is 0. The number of hydrogen-bond donors (Lipinski definition) is 1. The van der Waals surface area contributed by atoms with Crippen molar-refractivity contribution >= 4 is 15.9 Å². The third-order valence-electron chi connectivity index (χ3n) is 4.77. The Morgan fingerprint density at radius 1 is 1.46 bits per heavy atom. The quantitative estimate of drug-likeness (QED) is 0.836. The summed E-state index contributed by atoms with van der Waals surface area (Å²) in [6.45, 7) is 4.02. The van der Waals surface area contributed by atoms with E-state index in [9.17, 15) is 13.2 Å². The van der Waals surface area contributed by atoms with Gasteiger partial charge in [0, 0.05) is 18.8 Å². The van der Waals surface area contributed by atoms with Crippen LogP contribution in [0.5, 0.6) is 0 Å². The number of amides is 1. The highest BCUT2D eigenvalue weighted by atomic mass is 32.2. The Hall–Kier alpha value is -1.51. The molecule has 2 aliphatic heterocycles. The van der Waals surface area contributed by atoms with Crippen molar-refractivity contribution in [1.29, 1.82) is 0 Å². The number of pyridine rings is 1. The van der Waals surface area contributed by atoms with E-state index in [2.05, 4.69) is 9.71 Å². The van der Waals surface area contributed by atoms with Crippen LogP contribution in [0.3, 0.4) is 0 Å². The van der Waals surface area contributed by atoms with E-state index in [1.54, 1.807) is 11.0 Å². The molecule has 0 aliphatic carbocycles. The maximum absolute atomic E-state index is 12.5. The lowest BCUT2D eigenvalue weighted by atomic mass is 9.79. The Morgan fingerprint density at radius 3 is 2.88 bits per heavy atom. The first-order valence-electron chi connectivity index (χ1n) is 8.11. The minimum absolute atomic E-state index is 0.0761. The molecule has 0 unspecified atom stereocenters. The van der Waals surface area contributed by atoms with Gasteiger partial charge >= 0.3 is 0 Å². The van der Waals surface area contributed by atoms with E-state index in [0.29, 0.717) is 31.9 Å². The average Bonchev–Trinajstić information content (AvgIpc) is 2.87. The zero-order valence-electron chi connectivity index (χ0n) is 14.0. The first-order chi connectivity index (χ1) is 11.3. The summed E-state index contributed by atoms with van der Waals surface area (Å²) in [5, 5.41) is 0. The van der Waals surface area contributed by atoms with Crippen molar-refractivity contribution in [2.75, 3.05) is 32.5 Å². The van der Waals surface area contributed by atoms with Crippen LogP contribution in [0.1, 0.15) is 29.0 Å². The molecular formula is C16H23N3O4S. The first kappa shape index (κ1) is 17.3. The fraction of sp³-hybridized carbons (Fsp3) is 0.625. The van der Waals surface area contributed by atoms with Gasteiger partial charge in [-0.15, -0.1) is 0 Å². The minimum Gasteiger partial charge on any atom is -0.371 e. The van der Waals surface area contributed by atoms with Crippen molar-refractivity contribution in [2.24, 2.45) is 5.92 Å². The van der Waals surface area contributed by atoms with Crippen LogP contribution < -0.4 is 4.72 Å². The Kier molecular flexibility index (Phi) is 4.63. The Balaban J connectivity index is 1.58. The number of aryl methyl sites for hydroxylation is 1. The van der Waals surface area contributed by atoms with Gasteiger partial charge in [0.05, 0.1) is 19.3 Å². The van der Waals surface area contributed by atoms with Crippen molar-refractivity contribution in [3.05, 3.63) is 29.6 Å². The molecule has 1 aromatic rings. The molecule has 0 radical (unpaired) electrons. The predicted molar refractivity (Wildman–Crippen MR) is 89.1 cm³/mol. The van der Waals surface area contributed by atoms with Gasteiger partial charge in [-0.1, -0.05) is 6.07 Å². The number of rotatable bonds is 5. The fourth-order valence-electron chi connectivity index (χ4n) is 3.53. The summed E-state index contributed by atoms with van der Waals surface area (Å²) in [5.74, 6) is 0.189. The summed E-state index contributed by atoms with van der Waals surface area (Å²) in [7, 11) is -3.17. The number of ether oxygens (including phenoxy) is 1. The second-order valence-electron chi connectivity index (χ2n) is 6.68. The van der Waals surface area contributed by atoms with Gasteiger partial charge in [-0.3, -0.25) is 4.79 Å². The van der Waals surface area contributed by atoms with Crippen LogP contribution >= 0.6 is 0 Å². The predicted octanol–water partition coefficient (Wildman–Crippen LogP) is 0.560. The van der Waals surface area contributed by atoms with Gasteiger partial charge in [-0.05, 0) is 37.8 Å². The fourth-order valence-corrected chi connectivity index (χ4v) is 4.02. The lowest BCUT2D eigenvalue weighted by molar-refractivity contribution is -0.118. The maximum Gasteiger partial charge on any atom is 0.272 e. The van der Waals surface area contributed by atoms with Crippen molar-refractivity contribution in [2.45, 2.75) is 25.4 Å². The molecule has 132 valence electrons. The van der Waals surface area contributed by atoms with Crippen molar-refractivity contribution in [3.63, 3.8) is 0 Å². The molecule has 0 saturated carbocycles. The number of carbonyl (C=O) groups is 1. The highest BCUT2D eigenvalue weighted by molar-refractivity contribution is 7.88. The molecule has 2 aliphatic rings. The van der Waals surface area contributed by atoms with E-state index in [0.717, 1.165) is 24.8 Å². The Morgan fingerprint density at radius 2 is 2.21 bits per heavy atom. The second kappa shape index (κ2) is 6.42. The number of hydrogen-bond acceptors (Lipinski definition) is 5. The van der Waals surface area contributed by atoms with Gasteiger partial charge in [0.25, 0.3) is 5.91 Å². The highest BCUT2D eigenvalue weighted by Gasteiger charge is 2.54. The molecule has 2 saturated heterocycles. The van der Waals surface area contributed by atoms with E-state index in [-0.39, 0.29) is 17.4 Å². The second-order valence-corrected chi connectivity index (χ2v) is 8.51. The Labute approximate surface area is 142 Å². The zero-order valence-corrected chi connectivity index (χ0v) is 14.8. The standard InChI is InChI=1S/C16H23N3O4S/c1-12-4-3-5-14(18-12)15(20)19-10-16(11-19)13(7-9-23-16)6-8-17-24(2,21)22/h3-5,13,17H,6-11H2,1-2H3/t13-/m1/s1. The number of sulfonamides is 1. The number of carbonyl (C=O) groups excluding carboxylic acids is 1. The van der Waals surface area contributed by atoms with E-state index in [4.69, 9.17) is 4.74 Å². The van der Waals surface area contributed by atoms with Crippen LogP contribution in [0.25, 0.3) is 0 Å². The molecule has 1 N–H and O–H groups in total. The first-order valence-corrected chi connectivity index (χ1v) is 10.00. The average molecular weight is 353 g/mol. The van der Waals surface area contributed by atoms with E-state index in [1.807, 2.05) is 19.1 Å². The van der Waals surface area contributed by atoms with Crippen LogP contribution in [0, 0.1) is 12.8 Å². The number of nitrogens with one attached hydrogen (secondary N) is 1. The Bertz CT molecular complexity index is 729. The number of aromatic nitrogens is 1. The molecule has 8 heteroatoms. The van der Waals surface area contributed by atoms with Crippen LogP contribution in [0.15, 0.2) is 18.2 Å². The molecule has 24 heavy (non-hydrogen) atoms. The van der Waals surface area contributed by atoms with Crippen LogP contribution in [0.4, 0.5) is 0 Å². The normalized spacial score (nSPS) is 22.6. The molecule has 2 fully saturated rings. The zero-order chi connectivity index (χ0) is 17.4. The van der Waals surface area contributed by atoms with Gasteiger partial charge in [-0.25, -0.2) is 18.1 Å². The number of nitrogens with zero attached hydrogens (tertiary/aromatic N) is 2. The topological polar surface area (TPSA) is 88.6 Å². The molecule has 0 bridgehead atoms. The molecule has 7 nitrogen and oxygen atoms in total. The third-order valence-corrected chi connectivity index (χ3v) is 5.50. The van der Waals surface area contributed by atoms with E-state index >= 15 is 0 Å². The molecule has 1 spiro atoms. The van der Waals surface area contributed by atoms with Crippen LogP contribution in [-0.4, -0.2) is 62.3 Å². The number of likely N-dealkylation sites (tertiary alicyclic amines) is 1.